The summed E-state index contributed by atoms with van der Waals surface area (Å²) in [7, 11) is 1.45. The lowest BCUT2D eigenvalue weighted by atomic mass is 10.1. The molecule has 0 aliphatic carbocycles. The summed E-state index contributed by atoms with van der Waals surface area (Å²) in [4.78, 5) is 25.1. The standard InChI is InChI=1S/C15H18ClN5O4/c1-15(2,3)21-19-12(18-20-21)13(22)17-11(14(23)24)8-5-6-10(25-4)9(16)7-8/h5-7,11H,1-4H3,(H,17,22)(H,23,24). The van der Waals surface area contributed by atoms with Gasteiger partial charge in [-0.25, -0.2) is 4.79 Å². The number of carboxylic acids is 1. The molecule has 2 aromatic rings. The highest BCUT2D eigenvalue weighted by atomic mass is 35.5. The number of methoxy groups -OCH3 is 1. The second-order valence-corrected chi connectivity index (χ2v) is 6.62. The van der Waals surface area contributed by atoms with Gasteiger partial charge in [0.1, 0.15) is 5.75 Å². The van der Waals surface area contributed by atoms with Crippen molar-refractivity contribution in [3.05, 3.63) is 34.6 Å². The van der Waals surface area contributed by atoms with Crippen molar-refractivity contribution in [1.29, 1.82) is 0 Å². The van der Waals surface area contributed by atoms with Crippen molar-refractivity contribution < 1.29 is 19.4 Å². The molecule has 0 saturated heterocycles. The zero-order valence-corrected chi connectivity index (χ0v) is 14.9. The Balaban J connectivity index is 2.24. The Bertz CT molecular complexity index is 799. The summed E-state index contributed by atoms with van der Waals surface area (Å²) in [6, 6.07) is 3.12. The van der Waals surface area contributed by atoms with Crippen LogP contribution in [0.15, 0.2) is 18.2 Å². The minimum Gasteiger partial charge on any atom is -0.495 e. The van der Waals surface area contributed by atoms with Gasteiger partial charge in [-0.1, -0.05) is 17.7 Å². The quantitative estimate of drug-likeness (QED) is 0.824. The first kappa shape index (κ1) is 18.7. The molecule has 0 bridgehead atoms. The van der Waals surface area contributed by atoms with Gasteiger partial charge in [-0.3, -0.25) is 4.79 Å². The van der Waals surface area contributed by atoms with Gasteiger partial charge in [-0.05, 0) is 43.7 Å². The van der Waals surface area contributed by atoms with Gasteiger partial charge in [0.25, 0.3) is 11.7 Å². The maximum absolute atomic E-state index is 12.3. The molecule has 1 atom stereocenters. The molecule has 0 spiro atoms. The van der Waals surface area contributed by atoms with E-state index in [9.17, 15) is 14.7 Å². The van der Waals surface area contributed by atoms with Crippen LogP contribution in [0, 0.1) is 0 Å². The zero-order valence-electron chi connectivity index (χ0n) is 14.1. The van der Waals surface area contributed by atoms with E-state index < -0.39 is 23.5 Å². The lowest BCUT2D eigenvalue weighted by Crippen LogP contribution is -2.34. The summed E-state index contributed by atoms with van der Waals surface area (Å²) in [6.07, 6.45) is 0. The maximum Gasteiger partial charge on any atom is 0.330 e. The molecule has 0 fully saturated rings. The van der Waals surface area contributed by atoms with Crippen molar-refractivity contribution in [2.45, 2.75) is 32.4 Å². The molecule has 1 aromatic carbocycles. The highest BCUT2D eigenvalue weighted by Gasteiger charge is 2.27. The number of hydrogen-bond acceptors (Lipinski definition) is 6. The molecule has 2 N–H and O–H groups in total. The molecule has 0 aliphatic rings. The first-order chi connectivity index (χ1) is 11.6. The van der Waals surface area contributed by atoms with Gasteiger partial charge in [-0.2, -0.15) is 4.80 Å². The smallest absolute Gasteiger partial charge is 0.330 e. The van der Waals surface area contributed by atoms with E-state index >= 15 is 0 Å². The molecule has 0 radical (unpaired) electrons. The molecule has 1 unspecified atom stereocenters. The van der Waals surface area contributed by atoms with Crippen molar-refractivity contribution in [3.8, 4) is 5.75 Å². The Morgan fingerprint density at radius 2 is 2.04 bits per heavy atom. The number of rotatable bonds is 5. The Hall–Kier alpha value is -2.68. The fourth-order valence-electron chi connectivity index (χ4n) is 1.93. The van der Waals surface area contributed by atoms with Crippen LogP contribution in [0.5, 0.6) is 5.75 Å². The largest absolute Gasteiger partial charge is 0.495 e. The van der Waals surface area contributed by atoms with E-state index in [1.54, 1.807) is 0 Å². The van der Waals surface area contributed by atoms with E-state index in [1.807, 2.05) is 20.8 Å². The summed E-state index contributed by atoms with van der Waals surface area (Å²) < 4.78 is 5.03. The van der Waals surface area contributed by atoms with Crippen LogP contribution in [0.4, 0.5) is 0 Å². The lowest BCUT2D eigenvalue weighted by molar-refractivity contribution is -0.139. The third-order valence-electron chi connectivity index (χ3n) is 3.25. The van der Waals surface area contributed by atoms with E-state index in [0.717, 1.165) is 0 Å². The van der Waals surface area contributed by atoms with Crippen molar-refractivity contribution >= 4 is 23.5 Å². The number of amides is 1. The topological polar surface area (TPSA) is 119 Å². The van der Waals surface area contributed by atoms with Crippen LogP contribution >= 0.6 is 11.6 Å². The summed E-state index contributed by atoms with van der Waals surface area (Å²) in [6.45, 7) is 5.53. The van der Waals surface area contributed by atoms with E-state index in [0.29, 0.717) is 5.75 Å². The molecular weight excluding hydrogens is 350 g/mol. The number of carboxylic acid groups (broad SMARTS) is 1. The van der Waals surface area contributed by atoms with Crippen LogP contribution in [0.3, 0.4) is 0 Å². The van der Waals surface area contributed by atoms with E-state index in [-0.39, 0.29) is 16.4 Å². The molecule has 2 rings (SSSR count). The van der Waals surface area contributed by atoms with Crippen LogP contribution in [0.2, 0.25) is 5.02 Å². The zero-order chi connectivity index (χ0) is 18.8. The molecule has 0 saturated carbocycles. The van der Waals surface area contributed by atoms with E-state index in [2.05, 4.69) is 20.7 Å². The molecule has 1 heterocycles. The van der Waals surface area contributed by atoms with Crippen LogP contribution in [0.1, 0.15) is 43.0 Å². The molecule has 25 heavy (non-hydrogen) atoms. The average Bonchev–Trinajstić information content (AvgIpc) is 3.02. The SMILES string of the molecule is COc1ccc(C(NC(=O)c2nnn(C(C)(C)C)n2)C(=O)O)cc1Cl. The Morgan fingerprint density at radius 3 is 2.52 bits per heavy atom. The number of hydrogen-bond donors (Lipinski definition) is 2. The molecule has 0 aliphatic heterocycles. The number of carbonyl (C=O) groups is 2. The number of aromatic nitrogens is 4. The van der Waals surface area contributed by atoms with Crippen molar-refractivity contribution in [2.75, 3.05) is 7.11 Å². The predicted molar refractivity (Wildman–Crippen MR) is 88.7 cm³/mol. The van der Waals surface area contributed by atoms with Crippen molar-refractivity contribution in [1.82, 2.24) is 25.5 Å². The summed E-state index contributed by atoms with van der Waals surface area (Å²) in [5.74, 6) is -1.83. The second-order valence-electron chi connectivity index (χ2n) is 6.21. The summed E-state index contributed by atoms with van der Waals surface area (Å²) in [5, 5.41) is 23.5. The second kappa shape index (κ2) is 7.06. The minimum atomic E-state index is -1.32. The Kier molecular flexibility index (Phi) is 5.27. The van der Waals surface area contributed by atoms with Crippen LogP contribution < -0.4 is 10.1 Å². The maximum atomic E-state index is 12.3. The number of benzene rings is 1. The van der Waals surface area contributed by atoms with Gasteiger partial charge < -0.3 is 15.2 Å². The number of nitrogens with one attached hydrogen (secondary N) is 1. The van der Waals surface area contributed by atoms with Crippen molar-refractivity contribution in [3.63, 3.8) is 0 Å². The van der Waals surface area contributed by atoms with E-state index in [1.165, 1.54) is 30.1 Å². The lowest BCUT2D eigenvalue weighted by Gasteiger charge is -2.16. The number of halogens is 1. The van der Waals surface area contributed by atoms with Crippen LogP contribution in [0.25, 0.3) is 0 Å². The molecular formula is C15H18ClN5O4. The Labute approximate surface area is 148 Å². The molecule has 1 amide bonds. The summed E-state index contributed by atoms with van der Waals surface area (Å²) >= 11 is 6.02. The molecule has 10 heteroatoms. The van der Waals surface area contributed by atoms with Gasteiger partial charge >= 0.3 is 5.97 Å². The van der Waals surface area contributed by atoms with Crippen molar-refractivity contribution in [2.24, 2.45) is 0 Å². The predicted octanol–water partition coefficient (Wildman–Crippen LogP) is 1.65. The molecule has 9 nitrogen and oxygen atoms in total. The fraction of sp³-hybridized carbons (Fsp3) is 0.400. The van der Waals surface area contributed by atoms with Gasteiger partial charge in [0.2, 0.25) is 0 Å². The number of nitrogens with zero attached hydrogens (tertiary/aromatic N) is 4. The van der Waals surface area contributed by atoms with Crippen LogP contribution in [-0.2, 0) is 10.3 Å². The summed E-state index contributed by atoms with van der Waals surface area (Å²) in [5.41, 5.74) is -0.170. The molecule has 1 aromatic heterocycles. The van der Waals surface area contributed by atoms with Gasteiger partial charge in [0.05, 0.1) is 17.7 Å². The first-order valence-electron chi connectivity index (χ1n) is 7.31. The number of aliphatic carboxylic acids is 1. The van der Waals surface area contributed by atoms with Gasteiger partial charge in [0, 0.05) is 0 Å². The third-order valence-corrected chi connectivity index (χ3v) is 3.54. The average molecular weight is 368 g/mol. The monoisotopic (exact) mass is 367 g/mol. The van der Waals surface area contributed by atoms with Gasteiger partial charge in [-0.15, -0.1) is 10.2 Å². The van der Waals surface area contributed by atoms with Gasteiger partial charge in [0.15, 0.2) is 6.04 Å². The first-order valence-corrected chi connectivity index (χ1v) is 7.69. The molecule has 134 valence electrons. The van der Waals surface area contributed by atoms with E-state index in [4.69, 9.17) is 16.3 Å². The third kappa shape index (κ3) is 4.24. The fourth-order valence-corrected chi connectivity index (χ4v) is 2.20. The highest BCUT2D eigenvalue weighted by Crippen LogP contribution is 2.27. The highest BCUT2D eigenvalue weighted by molar-refractivity contribution is 6.32. The van der Waals surface area contributed by atoms with Crippen LogP contribution in [-0.4, -0.2) is 44.3 Å². The number of ether oxygens (including phenoxy) is 1. The minimum absolute atomic E-state index is 0.221. The Morgan fingerprint density at radius 1 is 1.36 bits per heavy atom. The number of tetrazole rings is 1. The number of carbonyl (C=O) groups excluding carboxylic acids is 1. The normalized spacial score (nSPS) is 12.5.